The fraction of sp³-hybridized carbons (Fsp3) is 0.0588. The average Bonchev–Trinajstić information content (AvgIpc) is 3.05. The van der Waals surface area contributed by atoms with Gasteiger partial charge in [-0.15, -0.1) is 0 Å². The Morgan fingerprint density at radius 1 is 1.08 bits per heavy atom. The van der Waals surface area contributed by atoms with Gasteiger partial charge in [0, 0.05) is 29.1 Å². The molecule has 0 saturated heterocycles. The molecular weight excluding hydrogens is 372 g/mol. The van der Waals surface area contributed by atoms with Gasteiger partial charge in [-0.2, -0.15) is 0 Å². The van der Waals surface area contributed by atoms with E-state index < -0.39 is 0 Å². The summed E-state index contributed by atoms with van der Waals surface area (Å²) in [6.07, 6.45) is 6.74. The lowest BCUT2D eigenvalue weighted by molar-refractivity contribution is 0.300. The van der Waals surface area contributed by atoms with Crippen LogP contribution in [0.15, 0.2) is 64.0 Å². The Kier molecular flexibility index (Phi) is 3.92. The summed E-state index contributed by atoms with van der Waals surface area (Å²) < 4.78 is 12.3. The van der Waals surface area contributed by atoms with Crippen molar-refractivity contribution in [3.05, 3.63) is 65.3 Å². The summed E-state index contributed by atoms with van der Waals surface area (Å²) in [5.41, 5.74) is 2.73. The minimum absolute atomic E-state index is 0.355. The molecular formula is C17H11BrN4O2. The van der Waals surface area contributed by atoms with Gasteiger partial charge in [-0.1, -0.05) is 0 Å². The van der Waals surface area contributed by atoms with Crippen LogP contribution in [0.2, 0.25) is 0 Å². The Bertz CT molecular complexity index is 971. The average molecular weight is 383 g/mol. The number of halogens is 1. The maximum atomic E-state index is 5.72. The van der Waals surface area contributed by atoms with Crippen molar-refractivity contribution in [3.8, 4) is 17.2 Å². The molecule has 0 aromatic carbocycles. The molecule has 4 aromatic heterocycles. The van der Waals surface area contributed by atoms with Crippen molar-refractivity contribution in [2.24, 2.45) is 0 Å². The first kappa shape index (κ1) is 14.8. The molecule has 7 heteroatoms. The van der Waals surface area contributed by atoms with E-state index in [1.54, 1.807) is 30.9 Å². The highest BCUT2D eigenvalue weighted by molar-refractivity contribution is 9.10. The van der Waals surface area contributed by atoms with E-state index >= 15 is 0 Å². The molecule has 24 heavy (non-hydrogen) atoms. The molecule has 0 bridgehead atoms. The Hall–Kier alpha value is -2.80. The van der Waals surface area contributed by atoms with Crippen LogP contribution in [0.5, 0.6) is 5.75 Å². The van der Waals surface area contributed by atoms with Crippen LogP contribution in [0.3, 0.4) is 0 Å². The highest BCUT2D eigenvalue weighted by Gasteiger charge is 2.10. The van der Waals surface area contributed by atoms with Crippen LogP contribution in [0.25, 0.3) is 22.7 Å². The van der Waals surface area contributed by atoms with E-state index in [0.29, 0.717) is 29.5 Å². The zero-order valence-electron chi connectivity index (χ0n) is 12.4. The van der Waals surface area contributed by atoms with Crippen molar-refractivity contribution in [1.29, 1.82) is 0 Å². The summed E-state index contributed by atoms with van der Waals surface area (Å²) in [7, 11) is 0. The summed E-state index contributed by atoms with van der Waals surface area (Å²) in [5.74, 6) is 1.09. The first-order chi connectivity index (χ1) is 11.8. The van der Waals surface area contributed by atoms with Crippen molar-refractivity contribution in [2.75, 3.05) is 0 Å². The number of hydrogen-bond acceptors (Lipinski definition) is 6. The Balaban J connectivity index is 1.55. The second kappa shape index (κ2) is 6.37. The Morgan fingerprint density at radius 3 is 2.83 bits per heavy atom. The normalized spacial score (nSPS) is 10.9. The number of aromatic nitrogens is 4. The largest absolute Gasteiger partial charge is 0.486 e. The van der Waals surface area contributed by atoms with Gasteiger partial charge in [0.25, 0.3) is 0 Å². The summed E-state index contributed by atoms with van der Waals surface area (Å²) in [5, 5.41) is 0. The van der Waals surface area contributed by atoms with E-state index in [0.717, 1.165) is 15.7 Å². The maximum Gasteiger partial charge on any atom is 0.247 e. The lowest BCUT2D eigenvalue weighted by atomic mass is 10.3. The number of nitrogens with zero attached hydrogens (tertiary/aromatic N) is 4. The number of rotatable bonds is 4. The highest BCUT2D eigenvalue weighted by Crippen LogP contribution is 2.25. The van der Waals surface area contributed by atoms with Crippen molar-refractivity contribution in [1.82, 2.24) is 19.9 Å². The monoisotopic (exact) mass is 382 g/mol. The second-order valence-corrected chi connectivity index (χ2v) is 5.93. The van der Waals surface area contributed by atoms with Gasteiger partial charge in [0.2, 0.25) is 11.6 Å². The molecule has 0 atom stereocenters. The highest BCUT2D eigenvalue weighted by atomic mass is 79.9. The molecule has 0 fully saturated rings. The molecule has 0 aliphatic rings. The van der Waals surface area contributed by atoms with Gasteiger partial charge in [0.05, 0.1) is 17.5 Å². The standard InChI is InChI=1S/C17H11BrN4O2/c18-12-3-4-13(20-8-12)10-23-14-6-15-17(21-9-14)24-16(22-15)11-2-1-5-19-7-11/h1-9H,10H2. The Labute approximate surface area is 145 Å². The van der Waals surface area contributed by atoms with Gasteiger partial charge >= 0.3 is 0 Å². The van der Waals surface area contributed by atoms with Gasteiger partial charge in [-0.05, 0) is 40.2 Å². The molecule has 0 aliphatic carbocycles. The van der Waals surface area contributed by atoms with Crippen LogP contribution in [0.4, 0.5) is 0 Å². The van der Waals surface area contributed by atoms with Gasteiger partial charge in [-0.25, -0.2) is 9.97 Å². The third kappa shape index (κ3) is 3.11. The summed E-state index contributed by atoms with van der Waals surface area (Å²) in [6.45, 7) is 0.355. The number of fused-ring (bicyclic) bond motifs is 1. The van der Waals surface area contributed by atoms with Crippen LogP contribution in [-0.4, -0.2) is 19.9 Å². The van der Waals surface area contributed by atoms with Crippen molar-refractivity contribution in [2.45, 2.75) is 6.61 Å². The number of oxazole rings is 1. The summed E-state index contributed by atoms with van der Waals surface area (Å²) in [6, 6.07) is 9.33. The molecule has 4 heterocycles. The molecule has 0 amide bonds. The minimum Gasteiger partial charge on any atom is -0.486 e. The quantitative estimate of drug-likeness (QED) is 0.530. The van der Waals surface area contributed by atoms with Gasteiger partial charge in [0.1, 0.15) is 17.9 Å². The first-order valence-corrected chi connectivity index (χ1v) is 7.97. The van der Waals surface area contributed by atoms with Crippen LogP contribution in [0, 0.1) is 0 Å². The molecule has 0 aliphatic heterocycles. The lowest BCUT2D eigenvalue weighted by Crippen LogP contribution is -1.98. The molecule has 0 N–H and O–H groups in total. The molecule has 0 spiro atoms. The predicted molar refractivity (Wildman–Crippen MR) is 91.3 cm³/mol. The van der Waals surface area contributed by atoms with Crippen LogP contribution in [0.1, 0.15) is 5.69 Å². The van der Waals surface area contributed by atoms with Gasteiger partial charge in [-0.3, -0.25) is 9.97 Å². The lowest BCUT2D eigenvalue weighted by Gasteiger charge is -2.04. The summed E-state index contributed by atoms with van der Waals surface area (Å²) in [4.78, 5) is 17.0. The molecule has 0 saturated carbocycles. The van der Waals surface area contributed by atoms with E-state index in [1.807, 2.05) is 24.3 Å². The topological polar surface area (TPSA) is 73.9 Å². The maximum absolute atomic E-state index is 5.72. The van der Waals surface area contributed by atoms with Crippen LogP contribution in [-0.2, 0) is 6.61 Å². The minimum atomic E-state index is 0.355. The number of hydrogen-bond donors (Lipinski definition) is 0. The molecule has 4 rings (SSSR count). The van der Waals surface area contributed by atoms with Crippen LogP contribution < -0.4 is 4.74 Å². The predicted octanol–water partition coefficient (Wildman–Crippen LogP) is 4.02. The molecule has 0 unspecified atom stereocenters. The molecule has 6 nitrogen and oxygen atoms in total. The number of ether oxygens (including phenoxy) is 1. The molecule has 0 radical (unpaired) electrons. The smallest absolute Gasteiger partial charge is 0.247 e. The van der Waals surface area contributed by atoms with Gasteiger partial charge < -0.3 is 9.15 Å². The fourth-order valence-electron chi connectivity index (χ4n) is 2.15. The zero-order chi connectivity index (χ0) is 16.4. The molecule has 118 valence electrons. The van der Waals surface area contributed by atoms with E-state index in [-0.39, 0.29) is 0 Å². The second-order valence-electron chi connectivity index (χ2n) is 5.01. The summed E-state index contributed by atoms with van der Waals surface area (Å²) >= 11 is 3.35. The first-order valence-electron chi connectivity index (χ1n) is 7.18. The third-order valence-corrected chi connectivity index (χ3v) is 3.78. The molecule has 4 aromatic rings. The third-order valence-electron chi connectivity index (χ3n) is 3.31. The van der Waals surface area contributed by atoms with E-state index in [2.05, 4.69) is 35.9 Å². The van der Waals surface area contributed by atoms with Crippen molar-refractivity contribution >= 4 is 27.2 Å². The Morgan fingerprint density at radius 2 is 2.04 bits per heavy atom. The van der Waals surface area contributed by atoms with Crippen LogP contribution >= 0.6 is 15.9 Å². The zero-order valence-corrected chi connectivity index (χ0v) is 14.0. The SMILES string of the molecule is Brc1ccc(COc2cnc3oc(-c4cccnc4)nc3c2)nc1. The fourth-order valence-corrected chi connectivity index (χ4v) is 2.38. The van der Waals surface area contributed by atoms with E-state index in [9.17, 15) is 0 Å². The van der Waals surface area contributed by atoms with Crippen molar-refractivity contribution in [3.63, 3.8) is 0 Å². The van der Waals surface area contributed by atoms with Crippen molar-refractivity contribution < 1.29 is 9.15 Å². The van der Waals surface area contributed by atoms with Gasteiger partial charge in [0.15, 0.2) is 0 Å². The number of pyridine rings is 3. The van der Waals surface area contributed by atoms with E-state index in [4.69, 9.17) is 9.15 Å². The van der Waals surface area contributed by atoms with E-state index in [1.165, 1.54) is 0 Å².